The molecule has 0 unspecified atom stereocenters. The summed E-state index contributed by atoms with van der Waals surface area (Å²) in [5, 5.41) is 3.28. The van der Waals surface area contributed by atoms with E-state index in [-0.39, 0.29) is 0 Å². The Bertz CT molecular complexity index is 126. The van der Waals surface area contributed by atoms with Gasteiger partial charge in [-0.1, -0.05) is 13.8 Å². The molecule has 0 aliphatic carbocycles. The zero-order chi connectivity index (χ0) is 9.40. The normalized spacial score (nSPS) is 19.8. The summed E-state index contributed by atoms with van der Waals surface area (Å²) in [7, 11) is 1.76. The van der Waals surface area contributed by atoms with Crippen molar-refractivity contribution in [2.75, 3.05) is 20.1 Å². The molecule has 0 amide bonds. The van der Waals surface area contributed by atoms with Crippen LogP contribution >= 0.6 is 0 Å². The van der Waals surface area contributed by atoms with Crippen LogP contribution in [0.4, 0.5) is 0 Å². The predicted molar refractivity (Wildman–Crippen MR) is 54.5 cm³/mol. The van der Waals surface area contributed by atoms with Gasteiger partial charge in [-0.25, -0.2) is 0 Å². The first kappa shape index (κ1) is 11.4. The monoisotopic (exact) mass is 171 g/mol. The first-order valence-electron chi connectivity index (χ1n) is 4.77. The Labute approximate surface area is 75.4 Å². The number of nitrogens with two attached hydrogens (primary N) is 1. The molecule has 1 aliphatic rings. The third kappa shape index (κ3) is 3.72. The third-order valence-corrected chi connectivity index (χ3v) is 2.02. The van der Waals surface area contributed by atoms with Crippen molar-refractivity contribution < 1.29 is 0 Å². The van der Waals surface area contributed by atoms with Gasteiger partial charge in [-0.05, 0) is 25.9 Å². The van der Waals surface area contributed by atoms with E-state index in [0.29, 0.717) is 5.92 Å². The van der Waals surface area contributed by atoms with Crippen LogP contribution in [-0.2, 0) is 0 Å². The van der Waals surface area contributed by atoms with Gasteiger partial charge in [0.2, 0.25) is 0 Å². The molecule has 72 valence electrons. The number of amidine groups is 1. The largest absolute Gasteiger partial charge is 0.387 e. The van der Waals surface area contributed by atoms with E-state index in [4.69, 9.17) is 5.73 Å². The summed E-state index contributed by atoms with van der Waals surface area (Å²) < 4.78 is 0. The lowest BCUT2D eigenvalue weighted by Crippen LogP contribution is -2.35. The second kappa shape index (κ2) is 7.10. The number of nitrogens with one attached hydrogen (secondary N) is 1. The van der Waals surface area contributed by atoms with Crippen LogP contribution in [0, 0.1) is 5.92 Å². The summed E-state index contributed by atoms with van der Waals surface area (Å²) in [5.74, 6) is 1.35. The fourth-order valence-electron chi connectivity index (χ4n) is 1.30. The van der Waals surface area contributed by atoms with Crippen molar-refractivity contribution in [2.45, 2.75) is 26.7 Å². The predicted octanol–water partition coefficient (Wildman–Crippen LogP) is 0.999. The summed E-state index contributed by atoms with van der Waals surface area (Å²) in [6, 6.07) is 0. The lowest BCUT2D eigenvalue weighted by atomic mass is 9.97. The Morgan fingerprint density at radius 3 is 2.25 bits per heavy atom. The van der Waals surface area contributed by atoms with Gasteiger partial charge in [0.05, 0.1) is 5.84 Å². The third-order valence-electron chi connectivity index (χ3n) is 2.02. The Morgan fingerprint density at radius 1 is 1.33 bits per heavy atom. The molecule has 1 aliphatic heterocycles. The second-order valence-electron chi connectivity index (χ2n) is 2.67. The van der Waals surface area contributed by atoms with Crippen molar-refractivity contribution in [3.05, 3.63) is 0 Å². The van der Waals surface area contributed by atoms with E-state index in [2.05, 4.69) is 10.3 Å². The summed E-state index contributed by atoms with van der Waals surface area (Å²) in [4.78, 5) is 3.98. The maximum Gasteiger partial charge on any atom is 0.0965 e. The topological polar surface area (TPSA) is 50.4 Å². The molecule has 12 heavy (non-hydrogen) atoms. The highest BCUT2D eigenvalue weighted by Crippen LogP contribution is 2.10. The molecule has 0 aromatic rings. The fourth-order valence-corrected chi connectivity index (χ4v) is 1.30. The SMILES string of the molecule is CC.CN=C(N)C1CCNCC1. The molecule has 3 heteroatoms. The fraction of sp³-hybridized carbons (Fsp3) is 0.889. The van der Waals surface area contributed by atoms with Gasteiger partial charge >= 0.3 is 0 Å². The average molecular weight is 171 g/mol. The molecule has 0 spiro atoms. The molecule has 0 saturated carbocycles. The van der Waals surface area contributed by atoms with E-state index in [1.165, 1.54) is 0 Å². The standard InChI is InChI=1S/C7H15N3.C2H6/c1-9-7(8)6-2-4-10-5-3-6;1-2/h6,10H,2-5H2,1H3,(H2,8,9);1-2H3. The maximum atomic E-state index is 5.67. The first-order chi connectivity index (χ1) is 5.84. The van der Waals surface area contributed by atoms with Gasteiger partial charge in [-0.15, -0.1) is 0 Å². The van der Waals surface area contributed by atoms with Crippen LogP contribution < -0.4 is 11.1 Å². The summed E-state index contributed by atoms with van der Waals surface area (Å²) in [6.45, 7) is 6.17. The smallest absolute Gasteiger partial charge is 0.0965 e. The molecule has 0 atom stereocenters. The quantitative estimate of drug-likeness (QED) is 0.457. The minimum Gasteiger partial charge on any atom is -0.387 e. The van der Waals surface area contributed by atoms with Crippen LogP contribution in [0.5, 0.6) is 0 Å². The number of hydrogen-bond acceptors (Lipinski definition) is 2. The Balaban J connectivity index is 0.000000561. The van der Waals surface area contributed by atoms with Crippen molar-refractivity contribution in [3.63, 3.8) is 0 Å². The molecule has 0 radical (unpaired) electrons. The van der Waals surface area contributed by atoms with E-state index in [0.717, 1.165) is 31.8 Å². The zero-order valence-corrected chi connectivity index (χ0v) is 8.43. The van der Waals surface area contributed by atoms with Crippen LogP contribution in [0.1, 0.15) is 26.7 Å². The van der Waals surface area contributed by atoms with E-state index < -0.39 is 0 Å². The van der Waals surface area contributed by atoms with E-state index in [9.17, 15) is 0 Å². The molecular formula is C9H21N3. The van der Waals surface area contributed by atoms with Crippen molar-refractivity contribution in [2.24, 2.45) is 16.6 Å². The Kier molecular flexibility index (Phi) is 6.76. The number of nitrogens with zero attached hydrogens (tertiary/aromatic N) is 1. The molecular weight excluding hydrogens is 150 g/mol. The highest BCUT2D eigenvalue weighted by atomic mass is 14.9. The van der Waals surface area contributed by atoms with Crippen LogP contribution in [0.2, 0.25) is 0 Å². The van der Waals surface area contributed by atoms with Crippen molar-refractivity contribution >= 4 is 5.84 Å². The molecule has 3 nitrogen and oxygen atoms in total. The molecule has 0 aromatic heterocycles. The van der Waals surface area contributed by atoms with Gasteiger partial charge in [-0.3, -0.25) is 4.99 Å². The molecule has 0 aromatic carbocycles. The van der Waals surface area contributed by atoms with Gasteiger partial charge in [0.1, 0.15) is 0 Å². The number of aliphatic imine (C=N–C) groups is 1. The molecule has 1 heterocycles. The first-order valence-corrected chi connectivity index (χ1v) is 4.77. The highest BCUT2D eigenvalue weighted by Gasteiger charge is 2.15. The second-order valence-corrected chi connectivity index (χ2v) is 2.67. The lowest BCUT2D eigenvalue weighted by Gasteiger charge is -2.21. The number of rotatable bonds is 1. The van der Waals surface area contributed by atoms with Crippen molar-refractivity contribution in [1.29, 1.82) is 0 Å². The lowest BCUT2D eigenvalue weighted by molar-refractivity contribution is 0.454. The maximum absolute atomic E-state index is 5.67. The minimum atomic E-state index is 0.534. The highest BCUT2D eigenvalue weighted by molar-refractivity contribution is 5.82. The summed E-state index contributed by atoms with van der Waals surface area (Å²) >= 11 is 0. The van der Waals surface area contributed by atoms with Crippen LogP contribution in [-0.4, -0.2) is 26.0 Å². The zero-order valence-electron chi connectivity index (χ0n) is 8.43. The van der Waals surface area contributed by atoms with Crippen molar-refractivity contribution in [3.8, 4) is 0 Å². The average Bonchev–Trinajstić information content (AvgIpc) is 2.21. The van der Waals surface area contributed by atoms with Crippen LogP contribution in [0.15, 0.2) is 4.99 Å². The summed E-state index contributed by atoms with van der Waals surface area (Å²) in [6.07, 6.45) is 2.28. The molecule has 0 bridgehead atoms. The van der Waals surface area contributed by atoms with Gasteiger partial charge in [0.15, 0.2) is 0 Å². The van der Waals surface area contributed by atoms with Gasteiger partial charge in [0.25, 0.3) is 0 Å². The van der Waals surface area contributed by atoms with E-state index >= 15 is 0 Å². The molecule has 1 fully saturated rings. The number of piperidine rings is 1. The summed E-state index contributed by atoms with van der Waals surface area (Å²) in [5.41, 5.74) is 5.67. The van der Waals surface area contributed by atoms with Crippen LogP contribution in [0.3, 0.4) is 0 Å². The van der Waals surface area contributed by atoms with Gasteiger partial charge in [0, 0.05) is 13.0 Å². The molecule has 1 saturated heterocycles. The van der Waals surface area contributed by atoms with E-state index in [1.807, 2.05) is 13.8 Å². The van der Waals surface area contributed by atoms with Crippen LogP contribution in [0.25, 0.3) is 0 Å². The van der Waals surface area contributed by atoms with Crippen molar-refractivity contribution in [1.82, 2.24) is 5.32 Å². The Hall–Kier alpha value is -0.570. The minimum absolute atomic E-state index is 0.534. The number of hydrogen-bond donors (Lipinski definition) is 2. The van der Waals surface area contributed by atoms with Gasteiger partial charge < -0.3 is 11.1 Å². The van der Waals surface area contributed by atoms with Gasteiger partial charge in [-0.2, -0.15) is 0 Å². The molecule has 3 N–H and O–H groups in total. The molecule has 1 rings (SSSR count). The van der Waals surface area contributed by atoms with E-state index in [1.54, 1.807) is 7.05 Å². The Morgan fingerprint density at radius 2 is 1.83 bits per heavy atom.